The molecule has 9 heteroatoms. The van der Waals surface area contributed by atoms with Gasteiger partial charge in [0.05, 0.1) is 11.0 Å². The fraction of sp³-hybridized carbons (Fsp3) is 0.200. The Hall–Kier alpha value is -4.63. The molecule has 4 heterocycles. The van der Waals surface area contributed by atoms with Crippen LogP contribution in [0.15, 0.2) is 67.1 Å². The number of benzene rings is 2. The molecule has 2 aromatic carbocycles. The molecule has 196 valence electrons. The molecule has 0 bridgehead atoms. The molecule has 8 nitrogen and oxygen atoms in total. The Kier molecular flexibility index (Phi) is 6.50. The first-order valence-corrected chi connectivity index (χ1v) is 13.0. The van der Waals surface area contributed by atoms with Crippen molar-refractivity contribution in [2.24, 2.45) is 0 Å². The van der Waals surface area contributed by atoms with Crippen molar-refractivity contribution in [2.75, 3.05) is 32.5 Å². The first-order valence-electron chi connectivity index (χ1n) is 13.0. The number of imidazole rings is 1. The molecule has 0 saturated carbocycles. The fourth-order valence-electron chi connectivity index (χ4n) is 4.75. The van der Waals surface area contributed by atoms with E-state index in [0.29, 0.717) is 23.7 Å². The number of aryl methyl sites for hydroxylation is 1. The summed E-state index contributed by atoms with van der Waals surface area (Å²) in [6.07, 6.45) is 6.39. The number of H-pyrrole nitrogens is 2. The molecule has 6 aromatic rings. The van der Waals surface area contributed by atoms with Crippen LogP contribution in [0.5, 0.6) is 0 Å². The number of fused-ring (bicyclic) bond motifs is 2. The molecule has 0 radical (unpaired) electrons. The molecule has 39 heavy (non-hydrogen) atoms. The first kappa shape index (κ1) is 24.7. The lowest BCUT2D eigenvalue weighted by molar-refractivity contribution is 0.425. The zero-order valence-corrected chi connectivity index (χ0v) is 22.1. The monoisotopic (exact) mass is 520 g/mol. The van der Waals surface area contributed by atoms with Gasteiger partial charge in [0.15, 0.2) is 11.5 Å². The quantitative estimate of drug-likeness (QED) is 0.231. The zero-order chi connectivity index (χ0) is 26.9. The third-order valence-electron chi connectivity index (χ3n) is 6.81. The van der Waals surface area contributed by atoms with Crippen LogP contribution < -0.4 is 5.32 Å². The largest absolute Gasteiger partial charge is 0.384 e. The highest BCUT2D eigenvalue weighted by molar-refractivity contribution is 5.97. The van der Waals surface area contributed by atoms with E-state index in [2.05, 4.69) is 60.5 Å². The minimum Gasteiger partial charge on any atom is -0.384 e. The summed E-state index contributed by atoms with van der Waals surface area (Å²) >= 11 is 0. The zero-order valence-electron chi connectivity index (χ0n) is 22.1. The van der Waals surface area contributed by atoms with Crippen LogP contribution in [0.25, 0.3) is 55.8 Å². The van der Waals surface area contributed by atoms with E-state index in [9.17, 15) is 4.39 Å². The summed E-state index contributed by atoms with van der Waals surface area (Å²) in [7, 11) is 4.01. The first-order chi connectivity index (χ1) is 19.0. The highest BCUT2D eigenvalue weighted by Crippen LogP contribution is 2.33. The number of halogens is 1. The Bertz CT molecular complexity index is 1790. The maximum atomic E-state index is 14.6. The van der Waals surface area contributed by atoms with E-state index in [1.165, 1.54) is 17.7 Å². The Morgan fingerprint density at radius 3 is 2.72 bits per heavy atom. The minimum atomic E-state index is -0.308. The predicted molar refractivity (Wildman–Crippen MR) is 154 cm³/mol. The number of anilines is 1. The molecule has 0 aliphatic rings. The van der Waals surface area contributed by atoms with Gasteiger partial charge in [0.1, 0.15) is 11.5 Å². The third kappa shape index (κ3) is 4.96. The lowest BCUT2D eigenvalue weighted by Gasteiger charge is -2.13. The van der Waals surface area contributed by atoms with Crippen molar-refractivity contribution < 1.29 is 4.39 Å². The smallest absolute Gasteiger partial charge is 0.178 e. The number of nitrogens with zero attached hydrogens (tertiary/aromatic N) is 5. The van der Waals surface area contributed by atoms with Gasteiger partial charge in [-0.2, -0.15) is 5.10 Å². The van der Waals surface area contributed by atoms with Gasteiger partial charge in [-0.3, -0.25) is 10.1 Å². The van der Waals surface area contributed by atoms with Crippen molar-refractivity contribution in [3.05, 3.63) is 78.5 Å². The van der Waals surface area contributed by atoms with Gasteiger partial charge in [0, 0.05) is 53.9 Å². The van der Waals surface area contributed by atoms with E-state index in [-0.39, 0.29) is 5.82 Å². The normalized spacial score (nSPS) is 11.6. The van der Waals surface area contributed by atoms with Gasteiger partial charge in [0.2, 0.25) is 0 Å². The molecule has 4 aromatic heterocycles. The van der Waals surface area contributed by atoms with Crippen molar-refractivity contribution in [1.29, 1.82) is 0 Å². The molecule has 0 saturated heterocycles. The second-order valence-electron chi connectivity index (χ2n) is 9.87. The van der Waals surface area contributed by atoms with Crippen molar-refractivity contribution in [3.63, 3.8) is 0 Å². The highest BCUT2D eigenvalue weighted by Gasteiger charge is 2.17. The number of likely N-dealkylation sites (N-methyl/N-ethyl adjacent to an activating group) is 1. The summed E-state index contributed by atoms with van der Waals surface area (Å²) in [6.45, 7) is 3.67. The Morgan fingerprint density at radius 2 is 1.87 bits per heavy atom. The lowest BCUT2D eigenvalue weighted by atomic mass is 10.0. The SMILES string of the molecule is CCc1cncc(-c2ccc3[nH]nc(-c4nc5nccc(-c6cc(F)cc(NCCN(C)C)c6)c5[nH]4)c3c2)c1. The molecule has 0 spiro atoms. The van der Waals surface area contributed by atoms with Crippen molar-refractivity contribution >= 4 is 27.8 Å². The van der Waals surface area contributed by atoms with Crippen LogP contribution in [0, 0.1) is 5.82 Å². The van der Waals surface area contributed by atoms with Crippen molar-refractivity contribution in [2.45, 2.75) is 13.3 Å². The van der Waals surface area contributed by atoms with Crippen LogP contribution in [0.2, 0.25) is 0 Å². The number of hydrogen-bond donors (Lipinski definition) is 3. The maximum Gasteiger partial charge on any atom is 0.178 e. The molecule has 0 aliphatic carbocycles. The van der Waals surface area contributed by atoms with Gasteiger partial charge in [0.25, 0.3) is 0 Å². The molecule has 0 amide bonds. The standard InChI is InChI=1S/C30H29FN8/c1-4-18-11-21(17-32-16-18)19-5-6-26-25(14-19)28(38-37-26)30-35-27-24(7-8-34-29(27)36-30)20-12-22(31)15-23(13-20)33-9-10-39(2)3/h5-8,11-17,33H,4,9-10H2,1-3H3,(H,37,38)(H,34,35,36). The average Bonchev–Trinajstić information content (AvgIpc) is 3.56. The molecule has 6 rings (SSSR count). The summed E-state index contributed by atoms with van der Waals surface area (Å²) in [5.41, 5.74) is 8.44. The number of rotatable bonds is 8. The summed E-state index contributed by atoms with van der Waals surface area (Å²) in [6, 6.07) is 15.2. The van der Waals surface area contributed by atoms with Gasteiger partial charge in [-0.1, -0.05) is 13.0 Å². The van der Waals surface area contributed by atoms with E-state index >= 15 is 0 Å². The summed E-state index contributed by atoms with van der Waals surface area (Å²) in [4.78, 5) is 19.1. The average molecular weight is 521 g/mol. The van der Waals surface area contributed by atoms with Gasteiger partial charge in [-0.15, -0.1) is 0 Å². The van der Waals surface area contributed by atoms with E-state index in [1.54, 1.807) is 6.20 Å². The van der Waals surface area contributed by atoms with E-state index in [0.717, 1.165) is 57.3 Å². The molecule has 0 fully saturated rings. The Morgan fingerprint density at radius 1 is 0.974 bits per heavy atom. The number of aromatic amines is 2. The maximum absolute atomic E-state index is 14.6. The van der Waals surface area contributed by atoms with Crippen molar-refractivity contribution in [1.82, 2.24) is 35.0 Å². The molecule has 0 aliphatic heterocycles. The Labute approximate surface area is 225 Å². The highest BCUT2D eigenvalue weighted by atomic mass is 19.1. The Balaban J connectivity index is 1.40. The summed E-state index contributed by atoms with van der Waals surface area (Å²) in [5.74, 6) is 0.284. The van der Waals surface area contributed by atoms with E-state index in [4.69, 9.17) is 4.98 Å². The van der Waals surface area contributed by atoms with Gasteiger partial charge < -0.3 is 15.2 Å². The second kappa shape index (κ2) is 10.3. The van der Waals surface area contributed by atoms with E-state index in [1.807, 2.05) is 44.7 Å². The summed E-state index contributed by atoms with van der Waals surface area (Å²) < 4.78 is 14.6. The topological polar surface area (TPSA) is 98.4 Å². The second-order valence-corrected chi connectivity index (χ2v) is 9.87. The van der Waals surface area contributed by atoms with E-state index < -0.39 is 0 Å². The predicted octanol–water partition coefficient (Wildman–Crippen LogP) is 5.91. The van der Waals surface area contributed by atoms with Crippen LogP contribution in [-0.4, -0.2) is 62.2 Å². The van der Waals surface area contributed by atoms with Crippen molar-refractivity contribution in [3.8, 4) is 33.8 Å². The van der Waals surface area contributed by atoms with Crippen LogP contribution >= 0.6 is 0 Å². The molecular weight excluding hydrogens is 491 g/mol. The van der Waals surface area contributed by atoms with Gasteiger partial charge in [-0.25, -0.2) is 14.4 Å². The fourth-order valence-corrected chi connectivity index (χ4v) is 4.75. The molecule has 0 unspecified atom stereocenters. The van der Waals surface area contributed by atoms with Gasteiger partial charge in [-0.05, 0) is 79.7 Å². The van der Waals surface area contributed by atoms with Crippen LogP contribution in [-0.2, 0) is 6.42 Å². The number of hydrogen-bond acceptors (Lipinski definition) is 6. The third-order valence-corrected chi connectivity index (χ3v) is 6.81. The van der Waals surface area contributed by atoms with Crippen LogP contribution in [0.3, 0.4) is 0 Å². The van der Waals surface area contributed by atoms with Crippen LogP contribution in [0.1, 0.15) is 12.5 Å². The minimum absolute atomic E-state index is 0.308. The molecular formula is C30H29FN8. The molecule has 0 atom stereocenters. The number of aromatic nitrogens is 6. The molecule has 3 N–H and O–H groups in total. The summed E-state index contributed by atoms with van der Waals surface area (Å²) in [5, 5.41) is 11.9. The number of pyridine rings is 2. The van der Waals surface area contributed by atoms with Gasteiger partial charge >= 0.3 is 0 Å². The lowest BCUT2D eigenvalue weighted by Crippen LogP contribution is -2.20. The number of nitrogens with one attached hydrogen (secondary N) is 3. The van der Waals surface area contributed by atoms with Crippen LogP contribution in [0.4, 0.5) is 10.1 Å².